The highest BCUT2D eigenvalue weighted by molar-refractivity contribution is 6.06. The van der Waals surface area contributed by atoms with Crippen molar-refractivity contribution in [2.45, 2.75) is 19.9 Å². The topological polar surface area (TPSA) is 65.8 Å². The Morgan fingerprint density at radius 3 is 2.50 bits per heavy atom. The molecule has 6 nitrogen and oxygen atoms in total. The fourth-order valence-electron chi connectivity index (χ4n) is 2.63. The maximum Gasteiger partial charge on any atom is 0.354 e. The van der Waals surface area contributed by atoms with Gasteiger partial charge in [0.15, 0.2) is 5.69 Å². The van der Waals surface area contributed by atoms with Gasteiger partial charge in [0.2, 0.25) is 5.91 Å². The number of carbonyl (C=O) groups excluding carboxylic acids is 1. The third-order valence-electron chi connectivity index (χ3n) is 3.31. The molecule has 1 aromatic rings. The minimum absolute atomic E-state index is 0.0412. The second-order valence-corrected chi connectivity index (χ2v) is 4.75. The van der Waals surface area contributed by atoms with Gasteiger partial charge in [-0.05, 0) is 6.92 Å². The number of aryl methyl sites for hydroxylation is 1. The zero-order chi connectivity index (χ0) is 13.6. The van der Waals surface area contributed by atoms with E-state index in [1.807, 2.05) is 18.9 Å². The van der Waals surface area contributed by atoms with Crippen molar-refractivity contribution in [3.63, 3.8) is 0 Å². The molecule has 2 heterocycles. The van der Waals surface area contributed by atoms with E-state index >= 15 is 0 Å². The van der Waals surface area contributed by atoms with E-state index in [0.29, 0.717) is 12.2 Å². The Labute approximate surface area is 105 Å². The summed E-state index contributed by atoms with van der Waals surface area (Å²) < 4.78 is 1.55. The van der Waals surface area contributed by atoms with Gasteiger partial charge in [0.05, 0.1) is 11.7 Å². The van der Waals surface area contributed by atoms with Crippen LogP contribution in [-0.2, 0) is 11.8 Å². The molecule has 0 fully saturated rings. The van der Waals surface area contributed by atoms with Crippen molar-refractivity contribution in [2.75, 3.05) is 23.4 Å². The van der Waals surface area contributed by atoms with Crippen molar-refractivity contribution in [3.05, 3.63) is 11.9 Å². The SMILES string of the molecule is CC(=O)N1c2c(cn(C)c2C(=O)O)N(C)CC1C. The van der Waals surface area contributed by atoms with Gasteiger partial charge in [0.25, 0.3) is 0 Å². The van der Waals surface area contributed by atoms with Gasteiger partial charge in [-0.2, -0.15) is 0 Å². The maximum absolute atomic E-state index is 11.8. The number of fused-ring (bicyclic) bond motifs is 1. The van der Waals surface area contributed by atoms with Crippen LogP contribution >= 0.6 is 0 Å². The van der Waals surface area contributed by atoms with Gasteiger partial charge in [-0.3, -0.25) is 4.79 Å². The van der Waals surface area contributed by atoms with Gasteiger partial charge in [0, 0.05) is 33.8 Å². The smallest absolute Gasteiger partial charge is 0.354 e. The van der Waals surface area contributed by atoms with E-state index in [1.165, 1.54) is 6.92 Å². The van der Waals surface area contributed by atoms with Crippen molar-refractivity contribution in [1.29, 1.82) is 0 Å². The summed E-state index contributed by atoms with van der Waals surface area (Å²) in [4.78, 5) is 26.7. The molecule has 1 unspecified atom stereocenters. The second kappa shape index (κ2) is 4.04. The van der Waals surface area contributed by atoms with Crippen molar-refractivity contribution in [2.24, 2.45) is 7.05 Å². The highest BCUT2D eigenvalue weighted by atomic mass is 16.4. The molecule has 1 atom stereocenters. The largest absolute Gasteiger partial charge is 0.477 e. The summed E-state index contributed by atoms with van der Waals surface area (Å²) in [5.41, 5.74) is 1.43. The van der Waals surface area contributed by atoms with Crippen LogP contribution in [0.15, 0.2) is 6.20 Å². The molecule has 6 heteroatoms. The molecule has 0 bridgehead atoms. The lowest BCUT2D eigenvalue weighted by molar-refractivity contribution is -0.117. The van der Waals surface area contributed by atoms with Gasteiger partial charge in [-0.25, -0.2) is 4.79 Å². The van der Waals surface area contributed by atoms with Gasteiger partial charge in [-0.1, -0.05) is 0 Å². The average Bonchev–Trinajstić information content (AvgIpc) is 2.54. The number of aromatic carboxylic acids is 1. The van der Waals surface area contributed by atoms with E-state index < -0.39 is 5.97 Å². The fraction of sp³-hybridized carbons (Fsp3) is 0.500. The van der Waals surface area contributed by atoms with Gasteiger partial charge >= 0.3 is 5.97 Å². The zero-order valence-electron chi connectivity index (χ0n) is 11.0. The second-order valence-electron chi connectivity index (χ2n) is 4.75. The van der Waals surface area contributed by atoms with Crippen molar-refractivity contribution in [3.8, 4) is 0 Å². The molecule has 1 amide bonds. The fourth-order valence-corrected chi connectivity index (χ4v) is 2.63. The molecule has 1 aliphatic heterocycles. The summed E-state index contributed by atoms with van der Waals surface area (Å²) in [5, 5.41) is 9.31. The van der Waals surface area contributed by atoms with Crippen LogP contribution in [-0.4, -0.2) is 41.2 Å². The molecule has 1 aromatic heterocycles. The molecular weight excluding hydrogens is 234 g/mol. The molecule has 0 aromatic carbocycles. The Kier molecular flexibility index (Phi) is 2.80. The minimum Gasteiger partial charge on any atom is -0.477 e. The first-order valence-corrected chi connectivity index (χ1v) is 5.78. The number of hydrogen-bond donors (Lipinski definition) is 1. The highest BCUT2D eigenvalue weighted by Crippen LogP contribution is 2.39. The van der Waals surface area contributed by atoms with E-state index in [9.17, 15) is 14.7 Å². The van der Waals surface area contributed by atoms with Crippen LogP contribution in [0.4, 0.5) is 11.4 Å². The number of likely N-dealkylation sites (N-methyl/N-ethyl adjacent to an activating group) is 1. The third kappa shape index (κ3) is 1.64. The first-order chi connectivity index (χ1) is 8.34. The maximum atomic E-state index is 11.8. The van der Waals surface area contributed by atoms with E-state index in [0.717, 1.165) is 5.69 Å². The summed E-state index contributed by atoms with van der Waals surface area (Å²) in [6, 6.07) is -0.0412. The number of nitrogens with zero attached hydrogens (tertiary/aromatic N) is 3. The standard InChI is InChI=1S/C12H17N3O3/c1-7-5-13(3)9-6-14(4)11(12(17)18)10(9)15(7)8(2)16/h6-7H,5H2,1-4H3,(H,17,18). The number of anilines is 2. The van der Waals surface area contributed by atoms with Crippen molar-refractivity contribution < 1.29 is 14.7 Å². The number of carboxylic acids is 1. The first-order valence-electron chi connectivity index (χ1n) is 5.78. The quantitative estimate of drug-likeness (QED) is 0.806. The lowest BCUT2D eigenvalue weighted by atomic mass is 10.1. The van der Waals surface area contributed by atoms with Crippen LogP contribution in [0.1, 0.15) is 24.3 Å². The number of rotatable bonds is 1. The number of hydrogen-bond acceptors (Lipinski definition) is 3. The Bertz CT molecular complexity index is 521. The predicted octanol–water partition coefficient (Wildman–Crippen LogP) is 0.914. The van der Waals surface area contributed by atoms with E-state index in [1.54, 1.807) is 22.7 Å². The van der Waals surface area contributed by atoms with Crippen molar-refractivity contribution in [1.82, 2.24) is 4.57 Å². The van der Waals surface area contributed by atoms with Gasteiger partial charge in [-0.15, -0.1) is 0 Å². The third-order valence-corrected chi connectivity index (χ3v) is 3.31. The summed E-state index contributed by atoms with van der Waals surface area (Å²) in [5.74, 6) is -1.15. The Morgan fingerprint density at radius 1 is 1.39 bits per heavy atom. The summed E-state index contributed by atoms with van der Waals surface area (Å²) >= 11 is 0. The molecule has 0 saturated carbocycles. The van der Waals surface area contributed by atoms with E-state index in [-0.39, 0.29) is 17.6 Å². The molecule has 2 rings (SSSR count). The van der Waals surface area contributed by atoms with Gasteiger partial charge in [0.1, 0.15) is 5.69 Å². The molecule has 0 aliphatic carbocycles. The molecule has 0 saturated heterocycles. The lowest BCUT2D eigenvalue weighted by Gasteiger charge is -2.38. The van der Waals surface area contributed by atoms with Crippen LogP contribution in [0.25, 0.3) is 0 Å². The normalized spacial score (nSPS) is 18.8. The molecular formula is C12H17N3O3. The average molecular weight is 251 g/mol. The first kappa shape index (κ1) is 12.5. The zero-order valence-corrected chi connectivity index (χ0v) is 11.0. The van der Waals surface area contributed by atoms with Gasteiger partial charge < -0.3 is 19.5 Å². The number of carboxylic acid groups (broad SMARTS) is 1. The predicted molar refractivity (Wildman–Crippen MR) is 68.3 cm³/mol. The molecule has 0 spiro atoms. The summed E-state index contributed by atoms with van der Waals surface area (Å²) in [6.07, 6.45) is 1.75. The number of aromatic nitrogens is 1. The molecule has 1 aliphatic rings. The Hall–Kier alpha value is -1.98. The summed E-state index contributed by atoms with van der Waals surface area (Å²) in [6.45, 7) is 4.07. The van der Waals surface area contributed by atoms with E-state index in [4.69, 9.17) is 0 Å². The monoisotopic (exact) mass is 251 g/mol. The van der Waals surface area contributed by atoms with Crippen LogP contribution < -0.4 is 9.80 Å². The highest BCUT2D eigenvalue weighted by Gasteiger charge is 2.35. The van der Waals surface area contributed by atoms with Crippen molar-refractivity contribution >= 4 is 23.3 Å². The number of carbonyl (C=O) groups is 2. The molecule has 0 radical (unpaired) electrons. The van der Waals surface area contributed by atoms with Crippen LogP contribution in [0, 0.1) is 0 Å². The molecule has 98 valence electrons. The van der Waals surface area contributed by atoms with Crippen LogP contribution in [0.5, 0.6) is 0 Å². The van der Waals surface area contributed by atoms with Crippen LogP contribution in [0.3, 0.4) is 0 Å². The minimum atomic E-state index is -1.02. The molecule has 1 N–H and O–H groups in total. The van der Waals surface area contributed by atoms with E-state index in [2.05, 4.69) is 0 Å². The Morgan fingerprint density at radius 2 is 2.00 bits per heavy atom. The molecule has 18 heavy (non-hydrogen) atoms. The Balaban J connectivity index is 2.70. The summed E-state index contributed by atoms with van der Waals surface area (Å²) in [7, 11) is 3.58. The lowest BCUT2D eigenvalue weighted by Crippen LogP contribution is -2.48. The van der Waals surface area contributed by atoms with Crippen LogP contribution in [0.2, 0.25) is 0 Å². The number of amides is 1.